The van der Waals surface area contributed by atoms with E-state index in [0.717, 1.165) is 21.7 Å². The number of nitrogens with zero attached hydrogens (tertiary/aromatic N) is 2. The summed E-state index contributed by atoms with van der Waals surface area (Å²) in [6, 6.07) is 6.20. The van der Waals surface area contributed by atoms with Crippen molar-refractivity contribution >= 4 is 39.8 Å². The van der Waals surface area contributed by atoms with Crippen LogP contribution in [0, 0.1) is 19.8 Å². The molecule has 0 saturated heterocycles. The van der Waals surface area contributed by atoms with Gasteiger partial charge in [0.15, 0.2) is 4.34 Å². The van der Waals surface area contributed by atoms with E-state index >= 15 is 0 Å². The quantitative estimate of drug-likeness (QED) is 0.750. The van der Waals surface area contributed by atoms with E-state index in [1.807, 2.05) is 6.07 Å². The smallest absolute Gasteiger partial charge is 0.230 e. The lowest BCUT2D eigenvalue weighted by Crippen LogP contribution is -2.27. The number of aryl methyl sites for hydroxylation is 2. The van der Waals surface area contributed by atoms with Gasteiger partial charge in [-0.05, 0) is 55.9 Å². The van der Waals surface area contributed by atoms with Gasteiger partial charge in [-0.2, -0.15) is 0 Å². The second kappa shape index (κ2) is 7.31. The summed E-state index contributed by atoms with van der Waals surface area (Å²) in [5.74, 6) is 1.17. The van der Waals surface area contributed by atoms with Crippen molar-refractivity contribution in [1.29, 1.82) is 0 Å². The van der Waals surface area contributed by atoms with Gasteiger partial charge in [-0.1, -0.05) is 29.2 Å². The predicted octanol–water partition coefficient (Wildman–Crippen LogP) is 3.52. The first-order valence-corrected chi connectivity index (χ1v) is 9.47. The topological polar surface area (TPSA) is 66.9 Å². The van der Waals surface area contributed by atoms with Crippen molar-refractivity contribution in [1.82, 2.24) is 15.5 Å². The summed E-state index contributed by atoms with van der Waals surface area (Å²) in [7, 11) is 0. The Morgan fingerprint density at radius 1 is 1.30 bits per heavy atom. The summed E-state index contributed by atoms with van der Waals surface area (Å²) in [5.41, 5.74) is 3.51. The van der Waals surface area contributed by atoms with E-state index in [0.29, 0.717) is 11.7 Å². The fraction of sp³-hybridized carbons (Fsp3) is 0.438. The SMILES string of the molecule is Cc1ccc(Nc2nnc(SCC(=O)NCC3CC3)s2)cc1C. The summed E-state index contributed by atoms with van der Waals surface area (Å²) in [5, 5.41) is 15.2. The number of benzene rings is 1. The van der Waals surface area contributed by atoms with Crippen molar-refractivity contribution in [3.8, 4) is 0 Å². The Morgan fingerprint density at radius 2 is 2.13 bits per heavy atom. The molecule has 0 unspecified atom stereocenters. The van der Waals surface area contributed by atoms with Crippen LogP contribution < -0.4 is 10.6 Å². The van der Waals surface area contributed by atoms with Gasteiger partial charge in [0.05, 0.1) is 5.75 Å². The molecule has 1 aromatic heterocycles. The molecule has 0 bridgehead atoms. The van der Waals surface area contributed by atoms with E-state index in [1.54, 1.807) is 0 Å². The molecule has 2 N–H and O–H groups in total. The normalized spacial score (nSPS) is 13.8. The van der Waals surface area contributed by atoms with Crippen molar-refractivity contribution in [2.75, 3.05) is 17.6 Å². The van der Waals surface area contributed by atoms with Gasteiger partial charge in [-0.3, -0.25) is 4.79 Å². The summed E-state index contributed by atoms with van der Waals surface area (Å²) >= 11 is 2.90. The Hall–Kier alpha value is -1.60. The molecule has 1 aliphatic carbocycles. The molecule has 0 atom stereocenters. The summed E-state index contributed by atoms with van der Waals surface area (Å²) in [4.78, 5) is 11.7. The third kappa shape index (κ3) is 4.94. The monoisotopic (exact) mass is 348 g/mol. The Morgan fingerprint density at radius 3 is 2.87 bits per heavy atom. The molecule has 1 aliphatic rings. The molecule has 122 valence electrons. The van der Waals surface area contributed by atoms with E-state index in [1.165, 1.54) is 47.1 Å². The predicted molar refractivity (Wildman–Crippen MR) is 95.6 cm³/mol. The maximum absolute atomic E-state index is 11.7. The van der Waals surface area contributed by atoms with E-state index in [4.69, 9.17) is 0 Å². The number of hydrogen-bond acceptors (Lipinski definition) is 6. The van der Waals surface area contributed by atoms with E-state index in [9.17, 15) is 4.79 Å². The number of thioether (sulfide) groups is 1. The highest BCUT2D eigenvalue weighted by molar-refractivity contribution is 8.01. The number of nitrogens with one attached hydrogen (secondary N) is 2. The molecule has 2 aromatic rings. The second-order valence-electron chi connectivity index (χ2n) is 5.83. The molecule has 1 fully saturated rings. The number of hydrogen-bond donors (Lipinski definition) is 2. The van der Waals surface area contributed by atoms with Crippen LogP contribution in [0.25, 0.3) is 0 Å². The molecule has 1 heterocycles. The van der Waals surface area contributed by atoms with Gasteiger partial charge in [0.2, 0.25) is 11.0 Å². The highest BCUT2D eigenvalue weighted by atomic mass is 32.2. The van der Waals surface area contributed by atoms with Crippen LogP contribution in [0.15, 0.2) is 22.5 Å². The fourth-order valence-electron chi connectivity index (χ4n) is 2.02. The Bertz CT molecular complexity index is 697. The Kier molecular flexibility index (Phi) is 5.17. The van der Waals surface area contributed by atoms with Crippen molar-refractivity contribution in [2.24, 2.45) is 5.92 Å². The minimum atomic E-state index is 0.0702. The number of carbonyl (C=O) groups excluding carboxylic acids is 1. The van der Waals surface area contributed by atoms with Gasteiger partial charge in [-0.15, -0.1) is 10.2 Å². The van der Waals surface area contributed by atoms with E-state index < -0.39 is 0 Å². The van der Waals surface area contributed by atoms with Crippen molar-refractivity contribution < 1.29 is 4.79 Å². The largest absolute Gasteiger partial charge is 0.355 e. The Labute approximate surface area is 144 Å². The lowest BCUT2D eigenvalue weighted by Gasteiger charge is -2.05. The first-order valence-electron chi connectivity index (χ1n) is 7.67. The van der Waals surface area contributed by atoms with Crippen LogP contribution in [0.2, 0.25) is 0 Å². The van der Waals surface area contributed by atoms with E-state index in [2.05, 4.69) is 46.8 Å². The third-order valence-corrected chi connectivity index (χ3v) is 5.75. The van der Waals surface area contributed by atoms with E-state index in [-0.39, 0.29) is 5.91 Å². The molecule has 5 nitrogen and oxygen atoms in total. The summed E-state index contributed by atoms with van der Waals surface area (Å²) in [6.07, 6.45) is 2.49. The van der Waals surface area contributed by atoms with Gasteiger partial charge >= 0.3 is 0 Å². The molecule has 1 saturated carbocycles. The number of aromatic nitrogens is 2. The van der Waals surface area contributed by atoms with Crippen LogP contribution in [0.3, 0.4) is 0 Å². The van der Waals surface area contributed by atoms with Crippen LogP contribution >= 0.6 is 23.1 Å². The second-order valence-corrected chi connectivity index (χ2v) is 8.03. The Balaban J connectivity index is 1.48. The number of amides is 1. The zero-order valence-corrected chi connectivity index (χ0v) is 14.9. The lowest BCUT2D eigenvalue weighted by atomic mass is 10.1. The average molecular weight is 348 g/mol. The van der Waals surface area contributed by atoms with Gasteiger partial charge in [0.25, 0.3) is 0 Å². The fourth-order valence-corrected chi connectivity index (χ4v) is 3.62. The zero-order chi connectivity index (χ0) is 16.2. The highest BCUT2D eigenvalue weighted by Crippen LogP contribution is 2.29. The number of carbonyl (C=O) groups is 1. The van der Waals surface area contributed by atoms with Crippen LogP contribution in [-0.2, 0) is 4.79 Å². The van der Waals surface area contributed by atoms with Gasteiger partial charge < -0.3 is 10.6 Å². The molecule has 1 amide bonds. The molecular formula is C16H20N4OS2. The van der Waals surface area contributed by atoms with Crippen LogP contribution in [0.1, 0.15) is 24.0 Å². The summed E-state index contributed by atoms with van der Waals surface area (Å²) in [6.45, 7) is 4.99. The molecule has 23 heavy (non-hydrogen) atoms. The molecule has 0 radical (unpaired) electrons. The van der Waals surface area contributed by atoms with Crippen molar-refractivity contribution in [3.63, 3.8) is 0 Å². The average Bonchev–Trinajstić information content (AvgIpc) is 3.26. The van der Waals surface area contributed by atoms with Crippen LogP contribution in [-0.4, -0.2) is 28.4 Å². The minimum absolute atomic E-state index is 0.0702. The third-order valence-electron chi connectivity index (χ3n) is 3.78. The molecule has 1 aromatic carbocycles. The summed E-state index contributed by atoms with van der Waals surface area (Å²) < 4.78 is 0.804. The molecule has 7 heteroatoms. The van der Waals surface area contributed by atoms with Gasteiger partial charge in [0, 0.05) is 12.2 Å². The number of anilines is 2. The van der Waals surface area contributed by atoms with Gasteiger partial charge in [0.1, 0.15) is 0 Å². The number of rotatable bonds is 7. The molecule has 3 rings (SSSR count). The van der Waals surface area contributed by atoms with Crippen LogP contribution in [0.5, 0.6) is 0 Å². The first kappa shape index (κ1) is 16.3. The molecule has 0 aliphatic heterocycles. The standard InChI is InChI=1S/C16H20N4OS2/c1-10-3-6-13(7-11(10)2)18-15-19-20-16(23-15)22-9-14(21)17-8-12-4-5-12/h3,6-7,12H,4-5,8-9H2,1-2H3,(H,17,21)(H,18,19). The maximum atomic E-state index is 11.7. The first-order chi connectivity index (χ1) is 11.1. The highest BCUT2D eigenvalue weighted by Gasteiger charge is 2.21. The maximum Gasteiger partial charge on any atom is 0.230 e. The van der Waals surface area contributed by atoms with Gasteiger partial charge in [-0.25, -0.2) is 0 Å². The van der Waals surface area contributed by atoms with Crippen molar-refractivity contribution in [2.45, 2.75) is 31.0 Å². The zero-order valence-electron chi connectivity index (χ0n) is 13.3. The lowest BCUT2D eigenvalue weighted by molar-refractivity contribution is -0.118. The molecular weight excluding hydrogens is 328 g/mol. The van der Waals surface area contributed by atoms with Crippen molar-refractivity contribution in [3.05, 3.63) is 29.3 Å². The minimum Gasteiger partial charge on any atom is -0.355 e. The van der Waals surface area contributed by atoms with Crippen LogP contribution in [0.4, 0.5) is 10.8 Å². The molecule has 0 spiro atoms.